The highest BCUT2D eigenvalue weighted by molar-refractivity contribution is 5.42. The molecule has 2 aliphatic heterocycles. The number of H-pyrrole nitrogens is 1. The Bertz CT molecular complexity index is 1080. The van der Waals surface area contributed by atoms with Gasteiger partial charge in [0, 0.05) is 18.7 Å². The summed E-state index contributed by atoms with van der Waals surface area (Å²) in [5.41, 5.74) is 2.25. The summed E-state index contributed by atoms with van der Waals surface area (Å²) in [6.07, 6.45) is 4.17. The van der Waals surface area contributed by atoms with Crippen LogP contribution in [0.1, 0.15) is 61.1 Å². The number of rotatable bonds is 7. The van der Waals surface area contributed by atoms with Crippen LogP contribution in [-0.2, 0) is 28.9 Å². The third-order valence-corrected chi connectivity index (χ3v) is 6.74. The average molecular weight is 445 g/mol. The van der Waals surface area contributed by atoms with Crippen LogP contribution in [0.4, 0.5) is 0 Å². The topological polar surface area (TPSA) is 114 Å². The molecule has 2 aromatic rings. The molecule has 3 N–H and O–H groups in total. The number of hydrogen-bond donors (Lipinski definition) is 3. The molecule has 2 aliphatic rings. The van der Waals surface area contributed by atoms with E-state index in [0.29, 0.717) is 13.0 Å². The summed E-state index contributed by atoms with van der Waals surface area (Å²) >= 11 is 0. The van der Waals surface area contributed by atoms with Crippen LogP contribution in [0.5, 0.6) is 0 Å². The molecule has 4 rings (SSSR count). The number of benzene rings is 1. The second kappa shape index (κ2) is 9.31. The van der Waals surface area contributed by atoms with E-state index in [1.54, 1.807) is 0 Å². The molecule has 174 valence electrons. The van der Waals surface area contributed by atoms with E-state index in [0.717, 1.165) is 28.5 Å². The molecule has 0 bridgehead atoms. The van der Waals surface area contributed by atoms with Crippen LogP contribution in [0.15, 0.2) is 34.0 Å². The highest BCUT2D eigenvalue weighted by Gasteiger charge is 2.59. The van der Waals surface area contributed by atoms with E-state index in [1.807, 2.05) is 0 Å². The van der Waals surface area contributed by atoms with Gasteiger partial charge < -0.3 is 19.7 Å². The van der Waals surface area contributed by atoms with Gasteiger partial charge in [0.05, 0.1) is 13.2 Å². The molecule has 8 nitrogen and oxygen atoms in total. The summed E-state index contributed by atoms with van der Waals surface area (Å²) in [7, 11) is 0. The smallest absolute Gasteiger partial charge is 0.330 e. The number of nitrogens with zero attached hydrogens (tertiary/aromatic N) is 1. The van der Waals surface area contributed by atoms with E-state index in [4.69, 9.17) is 9.47 Å². The molecule has 8 heteroatoms. The Morgan fingerprint density at radius 1 is 1.25 bits per heavy atom. The third-order valence-electron chi connectivity index (χ3n) is 6.74. The first-order valence-electron chi connectivity index (χ1n) is 11.4. The fourth-order valence-corrected chi connectivity index (χ4v) is 5.06. The maximum Gasteiger partial charge on any atom is 0.330 e. The van der Waals surface area contributed by atoms with Gasteiger partial charge in [-0.25, -0.2) is 4.79 Å². The normalized spacial score (nSPS) is 27.1. The van der Waals surface area contributed by atoms with Gasteiger partial charge in [0.25, 0.3) is 5.56 Å². The van der Waals surface area contributed by atoms with Crippen molar-refractivity contribution in [3.63, 3.8) is 0 Å². The van der Waals surface area contributed by atoms with Crippen molar-refractivity contribution in [3.8, 4) is 0 Å². The van der Waals surface area contributed by atoms with Gasteiger partial charge in [0.2, 0.25) is 0 Å². The average Bonchev–Trinajstić information content (AvgIpc) is 3.03. The molecular formula is C24H32N2O6. The van der Waals surface area contributed by atoms with Crippen LogP contribution in [0.2, 0.25) is 0 Å². The lowest BCUT2D eigenvalue weighted by Gasteiger charge is -2.40. The SMILES string of the molecule is CCCCCCc1cc(C)cc2c1C[C@@]1(OC2)[C@@H](CO)O[C@@H](n2ccc(=O)[nH]c2=O)[C@@H]1O. The predicted molar refractivity (Wildman–Crippen MR) is 119 cm³/mol. The van der Waals surface area contributed by atoms with E-state index in [1.165, 1.54) is 42.7 Å². The molecule has 0 radical (unpaired) electrons. The number of aromatic nitrogens is 2. The van der Waals surface area contributed by atoms with E-state index in [-0.39, 0.29) is 6.61 Å². The zero-order chi connectivity index (χ0) is 22.9. The number of aromatic amines is 1. The molecule has 0 unspecified atom stereocenters. The van der Waals surface area contributed by atoms with Gasteiger partial charge in [-0.05, 0) is 36.5 Å². The fourth-order valence-electron chi connectivity index (χ4n) is 5.06. The molecule has 3 heterocycles. The lowest BCUT2D eigenvalue weighted by molar-refractivity contribution is -0.152. The lowest BCUT2D eigenvalue weighted by Crippen LogP contribution is -2.55. The number of ether oxygens (including phenoxy) is 2. The molecule has 0 aliphatic carbocycles. The molecular weight excluding hydrogens is 412 g/mol. The Balaban J connectivity index is 1.67. The lowest BCUT2D eigenvalue weighted by atomic mass is 9.79. The number of aryl methyl sites for hydroxylation is 2. The van der Waals surface area contributed by atoms with E-state index in [2.05, 4.69) is 31.0 Å². The van der Waals surface area contributed by atoms with E-state index < -0.39 is 35.3 Å². The quantitative estimate of drug-likeness (QED) is 0.561. The standard InChI is InChI=1S/C24H32N2O6/c1-3-4-5-6-7-16-10-15(2)11-17-14-31-24(12-18(16)17)19(13-27)32-22(21(24)29)26-9-8-20(28)25-23(26)30/h8-11,19,21-22,27,29H,3-7,12-14H2,1-2H3,(H,25,28,30)/t19-,21+,22-,24-/m1/s1. The highest BCUT2D eigenvalue weighted by atomic mass is 16.6. The third kappa shape index (κ3) is 4.08. The maximum atomic E-state index is 12.3. The van der Waals surface area contributed by atoms with Crippen molar-refractivity contribution >= 4 is 0 Å². The van der Waals surface area contributed by atoms with Gasteiger partial charge in [0.1, 0.15) is 17.8 Å². The molecule has 1 spiro atoms. The Morgan fingerprint density at radius 2 is 2.06 bits per heavy atom. The Morgan fingerprint density at radius 3 is 2.78 bits per heavy atom. The molecule has 1 fully saturated rings. The maximum absolute atomic E-state index is 12.3. The summed E-state index contributed by atoms with van der Waals surface area (Å²) in [5.74, 6) is 0. The zero-order valence-corrected chi connectivity index (χ0v) is 18.7. The largest absolute Gasteiger partial charge is 0.394 e. The van der Waals surface area contributed by atoms with Gasteiger partial charge in [0.15, 0.2) is 6.23 Å². The van der Waals surface area contributed by atoms with Gasteiger partial charge in [-0.3, -0.25) is 14.3 Å². The highest BCUT2D eigenvalue weighted by Crippen LogP contribution is 2.45. The molecule has 4 atom stereocenters. The Labute approximate surface area is 186 Å². The summed E-state index contributed by atoms with van der Waals surface area (Å²) in [4.78, 5) is 25.9. The van der Waals surface area contributed by atoms with Crippen molar-refractivity contribution in [2.75, 3.05) is 6.61 Å². The fraction of sp³-hybridized carbons (Fsp3) is 0.583. The van der Waals surface area contributed by atoms with Crippen LogP contribution in [0.25, 0.3) is 0 Å². The van der Waals surface area contributed by atoms with Crippen LogP contribution in [0.3, 0.4) is 0 Å². The Hall–Kier alpha value is -2.26. The summed E-state index contributed by atoms with van der Waals surface area (Å²) in [5, 5.41) is 21.4. The van der Waals surface area contributed by atoms with E-state index in [9.17, 15) is 19.8 Å². The van der Waals surface area contributed by atoms with Crippen molar-refractivity contribution in [1.29, 1.82) is 0 Å². The van der Waals surface area contributed by atoms with Gasteiger partial charge in [-0.15, -0.1) is 0 Å². The van der Waals surface area contributed by atoms with Crippen molar-refractivity contribution in [3.05, 3.63) is 67.5 Å². The number of unbranched alkanes of at least 4 members (excludes halogenated alkanes) is 3. The monoisotopic (exact) mass is 444 g/mol. The first-order chi connectivity index (χ1) is 15.4. The zero-order valence-electron chi connectivity index (χ0n) is 18.7. The van der Waals surface area contributed by atoms with Crippen LogP contribution >= 0.6 is 0 Å². The molecule has 1 saturated heterocycles. The van der Waals surface area contributed by atoms with Gasteiger partial charge >= 0.3 is 5.69 Å². The summed E-state index contributed by atoms with van der Waals surface area (Å²) < 4.78 is 13.3. The predicted octanol–water partition coefficient (Wildman–Crippen LogP) is 1.73. The number of nitrogens with one attached hydrogen (secondary N) is 1. The molecule has 1 aromatic heterocycles. The molecule has 0 saturated carbocycles. The van der Waals surface area contributed by atoms with Gasteiger partial charge in [-0.1, -0.05) is 43.9 Å². The number of fused-ring (bicyclic) bond motifs is 1. The first kappa shape index (κ1) is 22.9. The van der Waals surface area contributed by atoms with Gasteiger partial charge in [-0.2, -0.15) is 0 Å². The Kier molecular flexibility index (Phi) is 6.67. The summed E-state index contributed by atoms with van der Waals surface area (Å²) in [6.45, 7) is 4.20. The van der Waals surface area contributed by atoms with E-state index >= 15 is 0 Å². The van der Waals surface area contributed by atoms with Crippen LogP contribution in [0, 0.1) is 6.92 Å². The van der Waals surface area contributed by atoms with Crippen molar-refractivity contribution < 1.29 is 19.7 Å². The van der Waals surface area contributed by atoms with Crippen LogP contribution in [-0.4, -0.2) is 44.2 Å². The second-order valence-electron chi connectivity index (χ2n) is 8.95. The molecule has 0 amide bonds. The minimum absolute atomic E-state index is 0.295. The number of aliphatic hydroxyl groups excluding tert-OH is 2. The van der Waals surface area contributed by atoms with Crippen molar-refractivity contribution in [2.45, 2.75) is 83.0 Å². The minimum Gasteiger partial charge on any atom is -0.394 e. The van der Waals surface area contributed by atoms with Crippen LogP contribution < -0.4 is 11.2 Å². The number of aliphatic hydroxyl groups is 2. The second-order valence-corrected chi connectivity index (χ2v) is 8.95. The molecule has 32 heavy (non-hydrogen) atoms. The molecule has 1 aromatic carbocycles. The summed E-state index contributed by atoms with van der Waals surface area (Å²) in [6, 6.07) is 5.51. The number of hydrogen-bond acceptors (Lipinski definition) is 6. The van der Waals surface area contributed by atoms with Crippen molar-refractivity contribution in [1.82, 2.24) is 9.55 Å². The minimum atomic E-state index is -1.20. The first-order valence-corrected chi connectivity index (χ1v) is 11.4. The van der Waals surface area contributed by atoms with Crippen molar-refractivity contribution in [2.24, 2.45) is 0 Å².